The highest BCUT2D eigenvalue weighted by molar-refractivity contribution is 7.91. The summed E-state index contributed by atoms with van der Waals surface area (Å²) in [5, 5.41) is 3.09. The van der Waals surface area contributed by atoms with Crippen molar-refractivity contribution in [1.82, 2.24) is 10.2 Å². The van der Waals surface area contributed by atoms with Crippen molar-refractivity contribution in [3.8, 4) is 0 Å². The molecule has 2 fully saturated rings. The Morgan fingerprint density at radius 3 is 2.78 bits per heavy atom. The molecule has 1 amide bonds. The van der Waals surface area contributed by atoms with E-state index >= 15 is 0 Å². The first-order valence-corrected chi connectivity index (χ1v) is 10.0. The van der Waals surface area contributed by atoms with E-state index in [0.717, 1.165) is 25.9 Å². The minimum atomic E-state index is -3.40. The van der Waals surface area contributed by atoms with E-state index in [4.69, 9.17) is 0 Å². The van der Waals surface area contributed by atoms with Crippen LogP contribution in [0.3, 0.4) is 0 Å². The normalized spacial score (nSPS) is 25.1. The van der Waals surface area contributed by atoms with E-state index in [1.807, 2.05) is 0 Å². The zero-order valence-corrected chi connectivity index (χ0v) is 14.3. The average molecular weight is 336 g/mol. The highest BCUT2D eigenvalue weighted by Crippen LogP contribution is 2.27. The van der Waals surface area contributed by atoms with Crippen LogP contribution in [0.25, 0.3) is 0 Å². The molecule has 2 aliphatic heterocycles. The van der Waals surface area contributed by atoms with E-state index in [1.54, 1.807) is 25.1 Å². The van der Waals surface area contributed by atoms with E-state index in [2.05, 4.69) is 10.2 Å². The lowest BCUT2D eigenvalue weighted by atomic mass is 9.99. The molecule has 0 bridgehead atoms. The Bertz CT molecular complexity index is 687. The number of carbonyl (C=O) groups is 1. The highest BCUT2D eigenvalue weighted by Gasteiger charge is 2.36. The number of benzene rings is 1. The molecule has 2 saturated heterocycles. The van der Waals surface area contributed by atoms with Crippen molar-refractivity contribution in [3.05, 3.63) is 29.8 Å². The van der Waals surface area contributed by atoms with Crippen LogP contribution < -0.4 is 5.32 Å². The number of hydrogen-bond donors (Lipinski definition) is 1. The predicted octanol–water partition coefficient (Wildman–Crippen LogP) is 1.84. The Morgan fingerprint density at radius 1 is 1.22 bits per heavy atom. The molecule has 23 heavy (non-hydrogen) atoms. The third-order valence-corrected chi connectivity index (χ3v) is 6.81. The van der Waals surface area contributed by atoms with Crippen molar-refractivity contribution in [2.45, 2.75) is 49.6 Å². The van der Waals surface area contributed by atoms with Gasteiger partial charge in [-0.2, -0.15) is 0 Å². The zero-order valence-electron chi connectivity index (χ0n) is 13.5. The molecule has 1 aromatic rings. The molecule has 5 nitrogen and oxygen atoms in total. The van der Waals surface area contributed by atoms with Gasteiger partial charge in [0.1, 0.15) is 0 Å². The van der Waals surface area contributed by atoms with Gasteiger partial charge in [-0.3, -0.25) is 9.69 Å². The van der Waals surface area contributed by atoms with Crippen LogP contribution in [0.1, 0.15) is 43.0 Å². The molecule has 0 radical (unpaired) electrons. The summed E-state index contributed by atoms with van der Waals surface area (Å²) < 4.78 is 24.4. The third-order valence-electron chi connectivity index (χ3n) is 5.02. The molecule has 2 heterocycles. The molecule has 3 rings (SSSR count). The maximum atomic E-state index is 12.7. The van der Waals surface area contributed by atoms with Gasteiger partial charge in [0.2, 0.25) is 0 Å². The molecule has 126 valence electrons. The summed E-state index contributed by atoms with van der Waals surface area (Å²) in [7, 11) is -3.40. The summed E-state index contributed by atoms with van der Waals surface area (Å²) in [6.07, 6.45) is 4.49. The first kappa shape index (κ1) is 16.5. The lowest BCUT2D eigenvalue weighted by Crippen LogP contribution is -2.47. The van der Waals surface area contributed by atoms with Crippen LogP contribution in [-0.4, -0.2) is 50.2 Å². The van der Waals surface area contributed by atoms with Crippen molar-refractivity contribution in [2.24, 2.45) is 0 Å². The molecule has 0 saturated carbocycles. The topological polar surface area (TPSA) is 66.5 Å². The number of rotatable bonds is 4. The number of nitrogens with one attached hydrogen (secondary N) is 1. The van der Waals surface area contributed by atoms with Crippen LogP contribution in [-0.2, 0) is 9.84 Å². The summed E-state index contributed by atoms with van der Waals surface area (Å²) in [6.45, 7) is 3.73. The van der Waals surface area contributed by atoms with Crippen LogP contribution in [0, 0.1) is 0 Å². The van der Waals surface area contributed by atoms with E-state index < -0.39 is 9.84 Å². The number of hydrogen-bond acceptors (Lipinski definition) is 4. The summed E-state index contributed by atoms with van der Waals surface area (Å²) in [5.41, 5.74) is 0.267. The number of amides is 1. The zero-order chi connectivity index (χ0) is 16.4. The van der Waals surface area contributed by atoms with Gasteiger partial charge in [-0.25, -0.2) is 8.42 Å². The summed E-state index contributed by atoms with van der Waals surface area (Å²) in [5.74, 6) is -0.271. The van der Waals surface area contributed by atoms with Crippen LogP contribution in [0.5, 0.6) is 0 Å². The molecule has 0 spiro atoms. The van der Waals surface area contributed by atoms with Gasteiger partial charge in [0, 0.05) is 18.6 Å². The Hall–Kier alpha value is -1.40. The first-order chi connectivity index (χ1) is 11.0. The second-order valence-electron chi connectivity index (χ2n) is 6.37. The number of sulfone groups is 1. The highest BCUT2D eigenvalue weighted by atomic mass is 32.2. The largest absolute Gasteiger partial charge is 0.348 e. The van der Waals surface area contributed by atoms with Crippen molar-refractivity contribution in [2.75, 3.05) is 18.8 Å². The van der Waals surface area contributed by atoms with Gasteiger partial charge in [0.25, 0.3) is 5.91 Å². The predicted molar refractivity (Wildman–Crippen MR) is 89.3 cm³/mol. The third kappa shape index (κ3) is 3.28. The number of piperidine rings is 1. The summed E-state index contributed by atoms with van der Waals surface area (Å²) >= 11 is 0. The van der Waals surface area contributed by atoms with E-state index in [-0.39, 0.29) is 28.2 Å². The van der Waals surface area contributed by atoms with Crippen molar-refractivity contribution < 1.29 is 13.2 Å². The van der Waals surface area contributed by atoms with Crippen LogP contribution >= 0.6 is 0 Å². The standard InChI is InChI=1S/C17H24N2O3S/c1-2-23(21,22)16-9-4-3-7-13(16)17(20)18-14-10-12-19-11-6-5-8-15(14)19/h3-4,7,9,14-15H,2,5-6,8,10-12H2,1H3,(H,18,20)/t14-,15-/m0/s1. The van der Waals surface area contributed by atoms with E-state index in [0.29, 0.717) is 6.04 Å². The Morgan fingerprint density at radius 2 is 2.00 bits per heavy atom. The van der Waals surface area contributed by atoms with Crippen LogP contribution in [0.15, 0.2) is 29.2 Å². The SMILES string of the molecule is CCS(=O)(=O)c1ccccc1C(=O)N[C@H]1CCN2CCCC[C@@H]12. The quantitative estimate of drug-likeness (QED) is 0.911. The van der Waals surface area contributed by atoms with Crippen LogP contribution in [0.2, 0.25) is 0 Å². The van der Waals surface area contributed by atoms with Crippen molar-refractivity contribution in [3.63, 3.8) is 0 Å². The molecule has 1 aromatic carbocycles. The van der Waals surface area contributed by atoms with Gasteiger partial charge in [-0.15, -0.1) is 0 Å². The lowest BCUT2D eigenvalue weighted by Gasteiger charge is -2.32. The number of carbonyl (C=O) groups excluding carboxylic acids is 1. The molecule has 2 aliphatic rings. The Labute approximate surface area is 138 Å². The fourth-order valence-corrected chi connectivity index (χ4v) is 4.84. The summed E-state index contributed by atoms with van der Waals surface area (Å²) in [6, 6.07) is 7.03. The number of nitrogens with zero attached hydrogens (tertiary/aromatic N) is 1. The van der Waals surface area contributed by atoms with E-state index in [1.165, 1.54) is 18.9 Å². The second kappa shape index (κ2) is 6.61. The average Bonchev–Trinajstić information content (AvgIpc) is 2.98. The Balaban J connectivity index is 1.79. The summed E-state index contributed by atoms with van der Waals surface area (Å²) in [4.78, 5) is 15.2. The molecule has 6 heteroatoms. The van der Waals surface area contributed by atoms with Gasteiger partial charge in [0.15, 0.2) is 9.84 Å². The van der Waals surface area contributed by atoms with Crippen molar-refractivity contribution >= 4 is 15.7 Å². The fraction of sp³-hybridized carbons (Fsp3) is 0.588. The maximum Gasteiger partial charge on any atom is 0.252 e. The van der Waals surface area contributed by atoms with Gasteiger partial charge in [-0.1, -0.05) is 25.5 Å². The van der Waals surface area contributed by atoms with Gasteiger partial charge < -0.3 is 5.32 Å². The minimum Gasteiger partial charge on any atom is -0.348 e. The number of fused-ring (bicyclic) bond motifs is 1. The Kier molecular flexibility index (Phi) is 4.73. The lowest BCUT2D eigenvalue weighted by molar-refractivity contribution is 0.0912. The molecular formula is C17H24N2O3S. The molecule has 2 atom stereocenters. The molecule has 0 aliphatic carbocycles. The first-order valence-electron chi connectivity index (χ1n) is 8.39. The van der Waals surface area contributed by atoms with Crippen molar-refractivity contribution in [1.29, 1.82) is 0 Å². The van der Waals surface area contributed by atoms with Gasteiger partial charge in [-0.05, 0) is 37.9 Å². The monoisotopic (exact) mass is 336 g/mol. The maximum absolute atomic E-state index is 12.7. The molecule has 0 aromatic heterocycles. The van der Waals surface area contributed by atoms with Gasteiger partial charge in [0.05, 0.1) is 16.2 Å². The smallest absolute Gasteiger partial charge is 0.252 e. The minimum absolute atomic E-state index is 0.00285. The van der Waals surface area contributed by atoms with Gasteiger partial charge >= 0.3 is 0 Å². The fourth-order valence-electron chi connectivity index (χ4n) is 3.74. The van der Waals surface area contributed by atoms with E-state index in [9.17, 15) is 13.2 Å². The molecular weight excluding hydrogens is 312 g/mol. The second-order valence-corrected chi connectivity index (χ2v) is 8.61. The molecule has 0 unspecified atom stereocenters. The molecule has 1 N–H and O–H groups in total. The van der Waals surface area contributed by atoms with Crippen LogP contribution in [0.4, 0.5) is 0 Å².